The number of rotatable bonds is 6. The SMILES string of the molecule is O=S(=O)(CCCl)NC1CCN(Cc2ccccc2)C1. The van der Waals surface area contributed by atoms with Gasteiger partial charge in [0.15, 0.2) is 0 Å². The fourth-order valence-electron chi connectivity index (χ4n) is 2.33. The molecule has 106 valence electrons. The highest BCUT2D eigenvalue weighted by atomic mass is 35.5. The molecule has 0 bridgehead atoms. The topological polar surface area (TPSA) is 49.4 Å². The van der Waals surface area contributed by atoms with Gasteiger partial charge in [-0.05, 0) is 12.0 Å². The third-order valence-corrected chi connectivity index (χ3v) is 5.06. The van der Waals surface area contributed by atoms with Gasteiger partial charge < -0.3 is 0 Å². The molecule has 6 heteroatoms. The molecule has 0 aromatic heterocycles. The van der Waals surface area contributed by atoms with Gasteiger partial charge in [-0.2, -0.15) is 0 Å². The fourth-order valence-corrected chi connectivity index (χ4v) is 3.96. The Morgan fingerprint density at radius 1 is 1.32 bits per heavy atom. The van der Waals surface area contributed by atoms with Crippen LogP contribution in [0.3, 0.4) is 0 Å². The van der Waals surface area contributed by atoms with Crippen LogP contribution < -0.4 is 4.72 Å². The second-order valence-electron chi connectivity index (χ2n) is 4.83. The summed E-state index contributed by atoms with van der Waals surface area (Å²) in [4.78, 5) is 2.27. The Morgan fingerprint density at radius 2 is 2.05 bits per heavy atom. The standard InChI is InChI=1S/C13H19ClN2O2S/c14-7-9-19(17,18)15-13-6-8-16(11-13)10-12-4-2-1-3-5-12/h1-5,13,15H,6-11H2. The summed E-state index contributed by atoms with van der Waals surface area (Å²) >= 11 is 5.48. The highest BCUT2D eigenvalue weighted by Gasteiger charge is 2.25. The molecule has 1 atom stereocenters. The molecular weight excluding hydrogens is 284 g/mol. The van der Waals surface area contributed by atoms with Gasteiger partial charge >= 0.3 is 0 Å². The molecule has 1 unspecified atom stereocenters. The number of hydrogen-bond donors (Lipinski definition) is 1. The van der Waals surface area contributed by atoms with E-state index in [9.17, 15) is 8.42 Å². The van der Waals surface area contributed by atoms with Crippen molar-refractivity contribution < 1.29 is 8.42 Å². The molecule has 0 saturated carbocycles. The number of benzene rings is 1. The monoisotopic (exact) mass is 302 g/mol. The first-order chi connectivity index (χ1) is 9.09. The average molecular weight is 303 g/mol. The van der Waals surface area contributed by atoms with Crippen molar-refractivity contribution in [3.63, 3.8) is 0 Å². The van der Waals surface area contributed by atoms with Gasteiger partial charge in [-0.25, -0.2) is 13.1 Å². The summed E-state index contributed by atoms with van der Waals surface area (Å²) in [5.74, 6) is 0.125. The Morgan fingerprint density at radius 3 is 2.74 bits per heavy atom. The predicted molar refractivity (Wildman–Crippen MR) is 77.8 cm³/mol. The Kier molecular flexibility index (Phi) is 5.21. The quantitative estimate of drug-likeness (QED) is 0.809. The van der Waals surface area contributed by atoms with Crippen molar-refractivity contribution in [2.45, 2.75) is 19.0 Å². The minimum absolute atomic E-state index is 0.0102. The second-order valence-corrected chi connectivity index (χ2v) is 7.08. The summed E-state index contributed by atoms with van der Waals surface area (Å²) in [6.45, 7) is 2.55. The molecule has 1 N–H and O–H groups in total. The lowest BCUT2D eigenvalue weighted by atomic mass is 10.2. The van der Waals surface area contributed by atoms with Gasteiger partial charge in [-0.3, -0.25) is 4.90 Å². The van der Waals surface area contributed by atoms with Gasteiger partial charge in [0.05, 0.1) is 5.75 Å². The number of alkyl halides is 1. The molecule has 4 nitrogen and oxygen atoms in total. The summed E-state index contributed by atoms with van der Waals surface area (Å²) in [5.41, 5.74) is 1.26. The highest BCUT2D eigenvalue weighted by molar-refractivity contribution is 7.89. The van der Waals surface area contributed by atoms with Crippen LogP contribution >= 0.6 is 11.6 Å². The molecule has 2 rings (SSSR count). The molecule has 1 aromatic rings. The molecule has 1 fully saturated rings. The summed E-state index contributed by atoms with van der Waals surface area (Å²) in [6.07, 6.45) is 0.856. The van der Waals surface area contributed by atoms with Crippen LogP contribution in [0.2, 0.25) is 0 Å². The van der Waals surface area contributed by atoms with E-state index in [4.69, 9.17) is 11.6 Å². The van der Waals surface area contributed by atoms with Crippen LogP contribution in [0.1, 0.15) is 12.0 Å². The maximum Gasteiger partial charge on any atom is 0.213 e. The zero-order chi connectivity index (χ0) is 13.7. The van der Waals surface area contributed by atoms with Crippen molar-refractivity contribution in [1.82, 2.24) is 9.62 Å². The fraction of sp³-hybridized carbons (Fsp3) is 0.538. The molecule has 1 heterocycles. The normalized spacial score (nSPS) is 20.8. The first-order valence-corrected chi connectivity index (χ1v) is 8.60. The van der Waals surface area contributed by atoms with Gasteiger partial charge in [-0.15, -0.1) is 11.6 Å². The first kappa shape index (κ1) is 14.8. The van der Waals surface area contributed by atoms with Gasteiger partial charge in [-0.1, -0.05) is 30.3 Å². The average Bonchev–Trinajstić information content (AvgIpc) is 2.76. The second kappa shape index (κ2) is 6.70. The summed E-state index contributed by atoms with van der Waals surface area (Å²) in [5, 5.41) is 0. The molecule has 19 heavy (non-hydrogen) atoms. The first-order valence-electron chi connectivity index (χ1n) is 6.41. The van der Waals surface area contributed by atoms with Crippen LogP contribution in [0.5, 0.6) is 0 Å². The number of likely N-dealkylation sites (tertiary alicyclic amines) is 1. The lowest BCUT2D eigenvalue weighted by Crippen LogP contribution is -2.38. The Labute approximate surface area is 119 Å². The van der Waals surface area contributed by atoms with E-state index in [0.717, 1.165) is 26.1 Å². The number of nitrogens with zero attached hydrogens (tertiary/aromatic N) is 1. The maximum atomic E-state index is 11.6. The summed E-state index contributed by atoms with van der Waals surface area (Å²) in [7, 11) is -3.22. The molecule has 1 aromatic carbocycles. The van der Waals surface area contributed by atoms with Crippen LogP contribution in [-0.4, -0.2) is 44.1 Å². The summed E-state index contributed by atoms with van der Waals surface area (Å²) in [6, 6.07) is 10.2. The van der Waals surface area contributed by atoms with E-state index in [0.29, 0.717) is 0 Å². The van der Waals surface area contributed by atoms with Crippen LogP contribution in [-0.2, 0) is 16.6 Å². The predicted octanol–water partition coefficient (Wildman–Crippen LogP) is 1.42. The van der Waals surface area contributed by atoms with Crippen molar-refractivity contribution >= 4 is 21.6 Å². The molecular formula is C13H19ClN2O2S. The van der Waals surface area contributed by atoms with Crippen molar-refractivity contribution in [2.75, 3.05) is 24.7 Å². The minimum atomic E-state index is -3.22. The molecule has 0 amide bonds. The third-order valence-electron chi connectivity index (χ3n) is 3.21. The van der Waals surface area contributed by atoms with Gasteiger partial charge in [0, 0.05) is 31.6 Å². The van der Waals surface area contributed by atoms with Crippen LogP contribution in [0.25, 0.3) is 0 Å². The third kappa shape index (κ3) is 4.76. The van der Waals surface area contributed by atoms with Crippen LogP contribution in [0, 0.1) is 0 Å². The maximum absolute atomic E-state index is 11.6. The molecule has 1 aliphatic rings. The molecule has 0 spiro atoms. The van der Waals surface area contributed by atoms with E-state index in [-0.39, 0.29) is 17.7 Å². The minimum Gasteiger partial charge on any atom is -0.297 e. The van der Waals surface area contributed by atoms with Crippen LogP contribution in [0.4, 0.5) is 0 Å². The lowest BCUT2D eigenvalue weighted by molar-refractivity contribution is 0.324. The van der Waals surface area contributed by atoms with Crippen LogP contribution in [0.15, 0.2) is 30.3 Å². The summed E-state index contributed by atoms with van der Waals surface area (Å²) < 4.78 is 26.0. The van der Waals surface area contributed by atoms with E-state index in [2.05, 4.69) is 21.8 Å². The van der Waals surface area contributed by atoms with Crippen molar-refractivity contribution in [1.29, 1.82) is 0 Å². The van der Waals surface area contributed by atoms with E-state index in [1.807, 2.05) is 18.2 Å². The van der Waals surface area contributed by atoms with Gasteiger partial charge in [0.25, 0.3) is 0 Å². The highest BCUT2D eigenvalue weighted by Crippen LogP contribution is 2.14. The van der Waals surface area contributed by atoms with E-state index in [1.54, 1.807) is 0 Å². The lowest BCUT2D eigenvalue weighted by Gasteiger charge is -2.16. The van der Waals surface area contributed by atoms with Crippen molar-refractivity contribution in [3.05, 3.63) is 35.9 Å². The van der Waals surface area contributed by atoms with E-state index in [1.165, 1.54) is 5.56 Å². The van der Waals surface area contributed by atoms with E-state index >= 15 is 0 Å². The molecule has 0 radical (unpaired) electrons. The Balaban J connectivity index is 1.83. The van der Waals surface area contributed by atoms with Crippen molar-refractivity contribution in [2.24, 2.45) is 0 Å². The number of halogens is 1. The Hall–Kier alpha value is -0.620. The Bertz CT molecular complexity index is 493. The molecule has 1 saturated heterocycles. The number of nitrogens with one attached hydrogen (secondary N) is 1. The van der Waals surface area contributed by atoms with Gasteiger partial charge in [0.1, 0.15) is 0 Å². The number of sulfonamides is 1. The number of hydrogen-bond acceptors (Lipinski definition) is 3. The zero-order valence-corrected chi connectivity index (χ0v) is 12.3. The zero-order valence-electron chi connectivity index (χ0n) is 10.8. The van der Waals surface area contributed by atoms with Gasteiger partial charge in [0.2, 0.25) is 10.0 Å². The van der Waals surface area contributed by atoms with E-state index < -0.39 is 10.0 Å². The molecule has 1 aliphatic heterocycles. The largest absolute Gasteiger partial charge is 0.297 e. The smallest absolute Gasteiger partial charge is 0.213 e. The molecule has 0 aliphatic carbocycles. The van der Waals surface area contributed by atoms with Crippen molar-refractivity contribution in [3.8, 4) is 0 Å².